The number of aryl methyl sites for hydroxylation is 4. The maximum Gasteiger partial charge on any atom is 0.0739 e. The molecule has 1 aromatic carbocycles. The third-order valence-corrected chi connectivity index (χ3v) is 5.09. The van der Waals surface area contributed by atoms with Crippen LogP contribution in [-0.2, 0) is 12.8 Å². The zero-order chi connectivity index (χ0) is 15.8. The van der Waals surface area contributed by atoms with E-state index in [0.29, 0.717) is 0 Å². The van der Waals surface area contributed by atoms with Crippen LogP contribution in [0, 0.1) is 13.8 Å². The Morgan fingerprint density at radius 1 is 0.870 bits per heavy atom. The maximum absolute atomic E-state index is 4.88. The number of rotatable bonds is 0. The molecule has 0 unspecified atom stereocenters. The molecule has 1 N–H and O–H groups in total. The van der Waals surface area contributed by atoms with E-state index in [1.165, 1.54) is 39.1 Å². The number of fused-ring (bicyclic) bond motifs is 2. The van der Waals surface area contributed by atoms with Gasteiger partial charge in [0.25, 0.3) is 0 Å². The van der Waals surface area contributed by atoms with Gasteiger partial charge in [0, 0.05) is 11.8 Å². The minimum atomic E-state index is 1.08. The minimum Gasteiger partial charge on any atom is -0.316 e. The summed E-state index contributed by atoms with van der Waals surface area (Å²) in [4.78, 5) is 4.88. The van der Waals surface area contributed by atoms with Gasteiger partial charge in [-0.25, -0.2) is 0 Å². The van der Waals surface area contributed by atoms with Crippen molar-refractivity contribution in [2.45, 2.75) is 39.5 Å². The Balaban J connectivity index is 1.98. The molecule has 2 heterocycles. The van der Waals surface area contributed by atoms with Crippen molar-refractivity contribution in [3.63, 3.8) is 0 Å². The van der Waals surface area contributed by atoms with Gasteiger partial charge in [-0.1, -0.05) is 35.4 Å². The highest BCUT2D eigenvalue weighted by Crippen LogP contribution is 2.37. The number of pyridine rings is 1. The molecule has 1 aliphatic carbocycles. The SMILES string of the molecule is Cc1ccc2c(c1)CCc1cc(C)cnc1C2=C1CCNCC1. The van der Waals surface area contributed by atoms with Crippen LogP contribution in [0.5, 0.6) is 0 Å². The lowest BCUT2D eigenvalue weighted by atomic mass is 9.88. The standard InChI is InChI=1S/C21H24N2/c1-14-3-6-19-17(11-14)4-5-18-12-15(2)13-23-21(18)20(19)16-7-9-22-10-8-16/h3,6,11-13,22H,4-5,7-10H2,1-2H3. The zero-order valence-corrected chi connectivity index (χ0v) is 14.1. The summed E-state index contributed by atoms with van der Waals surface area (Å²) in [6, 6.07) is 9.28. The first-order valence-corrected chi connectivity index (χ1v) is 8.71. The minimum absolute atomic E-state index is 1.08. The molecule has 23 heavy (non-hydrogen) atoms. The van der Waals surface area contributed by atoms with E-state index in [4.69, 9.17) is 4.98 Å². The molecule has 1 fully saturated rings. The Bertz CT molecular complexity index is 723. The first-order chi connectivity index (χ1) is 11.2. The molecule has 118 valence electrons. The molecule has 0 bridgehead atoms. The molecule has 1 aliphatic heterocycles. The summed E-state index contributed by atoms with van der Waals surface area (Å²) in [6.07, 6.45) is 6.51. The van der Waals surface area contributed by atoms with Crippen molar-refractivity contribution in [3.8, 4) is 0 Å². The quantitative estimate of drug-likeness (QED) is 0.796. The molecule has 1 saturated heterocycles. The van der Waals surface area contributed by atoms with Crippen LogP contribution in [0.25, 0.3) is 5.57 Å². The smallest absolute Gasteiger partial charge is 0.0739 e. The summed E-state index contributed by atoms with van der Waals surface area (Å²) < 4.78 is 0. The van der Waals surface area contributed by atoms with Gasteiger partial charge >= 0.3 is 0 Å². The summed E-state index contributed by atoms with van der Waals surface area (Å²) in [6.45, 7) is 6.51. The topological polar surface area (TPSA) is 24.9 Å². The van der Waals surface area contributed by atoms with Crippen molar-refractivity contribution in [1.82, 2.24) is 10.3 Å². The van der Waals surface area contributed by atoms with Gasteiger partial charge in [-0.2, -0.15) is 0 Å². The van der Waals surface area contributed by atoms with Crippen molar-refractivity contribution in [1.29, 1.82) is 0 Å². The Morgan fingerprint density at radius 2 is 1.61 bits per heavy atom. The fourth-order valence-corrected chi connectivity index (χ4v) is 3.95. The maximum atomic E-state index is 4.88. The number of hydrogen-bond donors (Lipinski definition) is 1. The molecular formula is C21H24N2. The molecule has 2 aromatic rings. The molecule has 4 rings (SSSR count). The lowest BCUT2D eigenvalue weighted by molar-refractivity contribution is 0.611. The average molecular weight is 304 g/mol. The van der Waals surface area contributed by atoms with E-state index in [1.54, 1.807) is 5.57 Å². The van der Waals surface area contributed by atoms with Gasteiger partial charge in [0.05, 0.1) is 5.69 Å². The molecule has 2 aliphatic rings. The molecule has 2 nitrogen and oxygen atoms in total. The Morgan fingerprint density at radius 3 is 2.43 bits per heavy atom. The van der Waals surface area contributed by atoms with Gasteiger partial charge in [0.15, 0.2) is 0 Å². The molecule has 0 radical (unpaired) electrons. The highest BCUT2D eigenvalue weighted by molar-refractivity contribution is 5.84. The molecule has 1 aromatic heterocycles. The second-order valence-corrected chi connectivity index (χ2v) is 6.91. The molecule has 0 spiro atoms. The third kappa shape index (κ3) is 2.72. The number of hydrogen-bond acceptors (Lipinski definition) is 2. The van der Waals surface area contributed by atoms with Crippen molar-refractivity contribution >= 4 is 5.57 Å². The Labute approximate surface area is 138 Å². The van der Waals surface area contributed by atoms with E-state index in [0.717, 1.165) is 38.8 Å². The van der Waals surface area contributed by atoms with Crippen LogP contribution in [0.3, 0.4) is 0 Å². The molecule has 0 saturated carbocycles. The Hall–Kier alpha value is -1.93. The first-order valence-electron chi connectivity index (χ1n) is 8.71. The van der Waals surface area contributed by atoms with Gasteiger partial charge < -0.3 is 5.32 Å². The predicted octanol–water partition coefficient (Wildman–Crippen LogP) is 3.98. The normalized spacial score (nSPS) is 17.5. The fourth-order valence-electron chi connectivity index (χ4n) is 3.95. The highest BCUT2D eigenvalue weighted by atomic mass is 14.9. The van der Waals surface area contributed by atoms with Crippen molar-refractivity contribution < 1.29 is 0 Å². The van der Waals surface area contributed by atoms with E-state index in [-0.39, 0.29) is 0 Å². The highest BCUT2D eigenvalue weighted by Gasteiger charge is 2.23. The van der Waals surface area contributed by atoms with Gasteiger partial charge in [-0.3, -0.25) is 4.98 Å². The lowest BCUT2D eigenvalue weighted by Gasteiger charge is -2.22. The summed E-state index contributed by atoms with van der Waals surface area (Å²) in [7, 11) is 0. The lowest BCUT2D eigenvalue weighted by Crippen LogP contribution is -2.24. The second-order valence-electron chi connectivity index (χ2n) is 6.91. The van der Waals surface area contributed by atoms with Gasteiger partial charge in [0.1, 0.15) is 0 Å². The molecule has 2 heteroatoms. The van der Waals surface area contributed by atoms with E-state index in [1.807, 2.05) is 6.20 Å². The van der Waals surface area contributed by atoms with Crippen molar-refractivity contribution in [2.75, 3.05) is 13.1 Å². The average Bonchev–Trinajstić information content (AvgIpc) is 2.72. The fraction of sp³-hybridized carbons (Fsp3) is 0.381. The summed E-state index contributed by atoms with van der Waals surface area (Å²) in [5.41, 5.74) is 11.2. The number of aromatic nitrogens is 1. The molecular weight excluding hydrogens is 280 g/mol. The predicted molar refractivity (Wildman–Crippen MR) is 95.7 cm³/mol. The van der Waals surface area contributed by atoms with E-state index < -0.39 is 0 Å². The van der Waals surface area contributed by atoms with E-state index in [2.05, 4.69) is 43.4 Å². The number of nitrogens with zero attached hydrogens (tertiary/aromatic N) is 1. The van der Waals surface area contributed by atoms with Crippen molar-refractivity contribution in [2.24, 2.45) is 0 Å². The number of benzene rings is 1. The van der Waals surface area contributed by atoms with Crippen LogP contribution in [-0.4, -0.2) is 18.1 Å². The second kappa shape index (κ2) is 5.93. The summed E-state index contributed by atoms with van der Waals surface area (Å²) in [5.74, 6) is 0. The van der Waals surface area contributed by atoms with E-state index in [9.17, 15) is 0 Å². The van der Waals surface area contributed by atoms with Crippen LogP contribution in [0.2, 0.25) is 0 Å². The van der Waals surface area contributed by atoms with Gasteiger partial charge in [-0.05, 0) is 74.9 Å². The van der Waals surface area contributed by atoms with Crippen molar-refractivity contribution in [3.05, 3.63) is 69.5 Å². The van der Waals surface area contributed by atoms with Crippen LogP contribution in [0.1, 0.15) is 46.4 Å². The van der Waals surface area contributed by atoms with Crippen LogP contribution in [0.4, 0.5) is 0 Å². The van der Waals surface area contributed by atoms with Crippen LogP contribution >= 0.6 is 0 Å². The van der Waals surface area contributed by atoms with Gasteiger partial charge in [0.2, 0.25) is 0 Å². The van der Waals surface area contributed by atoms with Crippen LogP contribution < -0.4 is 5.32 Å². The largest absolute Gasteiger partial charge is 0.316 e. The van der Waals surface area contributed by atoms with E-state index >= 15 is 0 Å². The molecule has 0 amide bonds. The number of piperidine rings is 1. The van der Waals surface area contributed by atoms with Gasteiger partial charge in [-0.15, -0.1) is 0 Å². The summed E-state index contributed by atoms with van der Waals surface area (Å²) >= 11 is 0. The summed E-state index contributed by atoms with van der Waals surface area (Å²) in [5, 5.41) is 3.48. The van der Waals surface area contributed by atoms with Crippen LogP contribution in [0.15, 0.2) is 36.0 Å². The Kier molecular flexibility index (Phi) is 3.78. The zero-order valence-electron chi connectivity index (χ0n) is 14.1. The monoisotopic (exact) mass is 304 g/mol. The first kappa shape index (κ1) is 14.6. The number of nitrogens with one attached hydrogen (secondary N) is 1. The molecule has 0 atom stereocenters. The third-order valence-electron chi connectivity index (χ3n) is 5.09.